The highest BCUT2D eigenvalue weighted by atomic mass is 19.1. The highest BCUT2D eigenvalue weighted by molar-refractivity contribution is 5.85. The summed E-state index contributed by atoms with van der Waals surface area (Å²) >= 11 is 0. The van der Waals surface area contributed by atoms with E-state index in [1.807, 2.05) is 13.8 Å². The van der Waals surface area contributed by atoms with Crippen LogP contribution in [-0.2, 0) is 14.2 Å². The van der Waals surface area contributed by atoms with Gasteiger partial charge in [-0.1, -0.05) is 0 Å². The zero-order valence-corrected chi connectivity index (χ0v) is 14.7. The molecule has 1 amide bonds. The molecule has 7 heteroatoms. The third kappa shape index (κ3) is 5.65. The minimum atomic E-state index is -0.628. The van der Waals surface area contributed by atoms with Crippen LogP contribution < -0.4 is 10.6 Å². The van der Waals surface area contributed by atoms with Crippen LogP contribution in [0.4, 0.5) is 20.6 Å². The van der Waals surface area contributed by atoms with Crippen LogP contribution in [0.2, 0.25) is 0 Å². The van der Waals surface area contributed by atoms with Crippen LogP contribution in [-0.4, -0.2) is 36.7 Å². The Kier molecular flexibility index (Phi) is 5.35. The summed E-state index contributed by atoms with van der Waals surface area (Å²) in [7, 11) is 0. The molecule has 0 spiro atoms. The van der Waals surface area contributed by atoms with Gasteiger partial charge >= 0.3 is 6.09 Å². The highest BCUT2D eigenvalue weighted by Gasteiger charge is 2.28. The predicted molar refractivity (Wildman–Crippen MR) is 89.7 cm³/mol. The molecule has 1 aromatic carbocycles. The van der Waals surface area contributed by atoms with Gasteiger partial charge in [0.1, 0.15) is 11.4 Å². The Balaban J connectivity index is 2.00. The van der Waals surface area contributed by atoms with Gasteiger partial charge in [0.2, 0.25) is 0 Å². The van der Waals surface area contributed by atoms with Gasteiger partial charge in [-0.05, 0) is 52.8 Å². The van der Waals surface area contributed by atoms with Crippen LogP contribution in [0.5, 0.6) is 0 Å². The van der Waals surface area contributed by atoms with Gasteiger partial charge in [-0.25, -0.2) is 9.18 Å². The Morgan fingerprint density at radius 3 is 2.50 bits per heavy atom. The summed E-state index contributed by atoms with van der Waals surface area (Å²) < 4.78 is 30.3. The van der Waals surface area contributed by atoms with E-state index in [1.54, 1.807) is 20.8 Å². The van der Waals surface area contributed by atoms with Crippen molar-refractivity contribution in [3.05, 3.63) is 24.0 Å². The van der Waals surface area contributed by atoms with Crippen LogP contribution in [0.15, 0.2) is 18.2 Å². The Morgan fingerprint density at radius 2 is 1.92 bits per heavy atom. The normalized spacial score (nSPS) is 18.1. The van der Waals surface area contributed by atoms with Gasteiger partial charge in [-0.3, -0.25) is 5.32 Å². The van der Waals surface area contributed by atoms with E-state index in [2.05, 4.69) is 10.6 Å². The molecule has 0 aliphatic carbocycles. The van der Waals surface area contributed by atoms with E-state index >= 15 is 0 Å². The van der Waals surface area contributed by atoms with Crippen molar-refractivity contribution in [1.82, 2.24) is 0 Å². The number of carbonyl (C=O) groups is 1. The van der Waals surface area contributed by atoms with Crippen molar-refractivity contribution >= 4 is 17.5 Å². The molecule has 1 aliphatic heterocycles. The summed E-state index contributed by atoms with van der Waals surface area (Å²) in [6.45, 7) is 9.77. The molecule has 0 radical (unpaired) electrons. The number of anilines is 2. The van der Waals surface area contributed by atoms with Crippen LogP contribution in [0, 0.1) is 5.82 Å². The predicted octanol–water partition coefficient (Wildman–Crippen LogP) is 3.74. The lowest BCUT2D eigenvalue weighted by Crippen LogP contribution is -2.45. The Morgan fingerprint density at radius 1 is 1.29 bits per heavy atom. The second-order valence-corrected chi connectivity index (χ2v) is 7.18. The first-order chi connectivity index (χ1) is 11.0. The van der Waals surface area contributed by atoms with Crippen molar-refractivity contribution in [2.75, 3.05) is 23.8 Å². The summed E-state index contributed by atoms with van der Waals surface area (Å²) in [5.74, 6) is -1.05. The number of hydrogen-bond acceptors (Lipinski definition) is 5. The van der Waals surface area contributed by atoms with Crippen molar-refractivity contribution in [3.8, 4) is 0 Å². The van der Waals surface area contributed by atoms with Crippen LogP contribution in [0.3, 0.4) is 0 Å². The zero-order valence-electron chi connectivity index (χ0n) is 14.7. The Hall–Kier alpha value is -1.86. The molecule has 0 unspecified atom stereocenters. The first kappa shape index (κ1) is 18.5. The van der Waals surface area contributed by atoms with Gasteiger partial charge in [0.05, 0.1) is 24.9 Å². The average Bonchev–Trinajstić information content (AvgIpc) is 2.42. The van der Waals surface area contributed by atoms with Crippen molar-refractivity contribution in [2.24, 2.45) is 0 Å². The molecule has 2 N–H and O–H groups in total. The maximum absolute atomic E-state index is 14.0. The number of ether oxygens (including phenoxy) is 3. The molecule has 0 saturated carbocycles. The monoisotopic (exact) mass is 340 g/mol. The molecule has 1 aromatic rings. The Labute approximate surface area is 141 Å². The third-order valence-electron chi connectivity index (χ3n) is 3.24. The van der Waals surface area contributed by atoms with Crippen molar-refractivity contribution < 1.29 is 23.4 Å². The largest absolute Gasteiger partial charge is 0.444 e. The van der Waals surface area contributed by atoms with Crippen LogP contribution in [0.25, 0.3) is 0 Å². The molecule has 1 heterocycles. The van der Waals surface area contributed by atoms with Crippen LogP contribution in [0.1, 0.15) is 34.6 Å². The number of rotatable bonds is 3. The molecule has 1 saturated heterocycles. The highest BCUT2D eigenvalue weighted by Crippen LogP contribution is 2.24. The van der Waals surface area contributed by atoms with Gasteiger partial charge in [-0.2, -0.15) is 0 Å². The molecular weight excluding hydrogens is 315 g/mol. The molecule has 1 fully saturated rings. The smallest absolute Gasteiger partial charge is 0.412 e. The van der Waals surface area contributed by atoms with E-state index in [0.717, 1.165) is 0 Å². The fourth-order valence-electron chi connectivity index (χ4n) is 2.13. The molecule has 0 atom stereocenters. The second kappa shape index (κ2) is 6.94. The molecular formula is C17H25FN2O4. The van der Waals surface area contributed by atoms with Crippen molar-refractivity contribution in [2.45, 2.75) is 52.0 Å². The SMILES string of the molecule is CC(C)(C)OC(=O)Nc1ccc(F)c(NC2COC(C)(C)OC2)c1. The maximum atomic E-state index is 14.0. The van der Waals surface area contributed by atoms with Gasteiger partial charge in [0.25, 0.3) is 0 Å². The quantitative estimate of drug-likeness (QED) is 0.877. The van der Waals surface area contributed by atoms with E-state index in [-0.39, 0.29) is 11.7 Å². The second-order valence-electron chi connectivity index (χ2n) is 7.18. The topological polar surface area (TPSA) is 68.8 Å². The van der Waals surface area contributed by atoms with E-state index in [0.29, 0.717) is 18.9 Å². The molecule has 1 aliphatic rings. The Bertz CT molecular complexity index is 589. The lowest BCUT2D eigenvalue weighted by molar-refractivity contribution is -0.247. The average molecular weight is 340 g/mol. The lowest BCUT2D eigenvalue weighted by atomic mass is 10.2. The summed E-state index contributed by atoms with van der Waals surface area (Å²) in [4.78, 5) is 11.8. The van der Waals surface area contributed by atoms with E-state index < -0.39 is 23.3 Å². The van der Waals surface area contributed by atoms with Gasteiger partial charge < -0.3 is 19.5 Å². The van der Waals surface area contributed by atoms with Gasteiger partial charge in [0, 0.05) is 5.69 Å². The van der Waals surface area contributed by atoms with Crippen LogP contribution >= 0.6 is 0 Å². The van der Waals surface area contributed by atoms with Gasteiger partial charge in [0.15, 0.2) is 5.79 Å². The molecule has 24 heavy (non-hydrogen) atoms. The molecule has 0 bridgehead atoms. The summed E-state index contributed by atoms with van der Waals surface area (Å²) in [6.07, 6.45) is -0.592. The standard InChI is InChI=1S/C17H25FN2O4/c1-16(2,3)24-15(21)20-11-6-7-13(18)14(8-11)19-12-9-22-17(4,5)23-10-12/h6-8,12,19H,9-10H2,1-5H3,(H,20,21). The maximum Gasteiger partial charge on any atom is 0.412 e. The molecule has 6 nitrogen and oxygen atoms in total. The summed E-state index contributed by atoms with van der Waals surface area (Å²) in [5, 5.41) is 5.62. The number of hydrogen-bond donors (Lipinski definition) is 2. The lowest BCUT2D eigenvalue weighted by Gasteiger charge is -2.35. The minimum absolute atomic E-state index is 0.177. The summed E-state index contributed by atoms with van der Waals surface area (Å²) in [5.41, 5.74) is 0.0981. The number of amides is 1. The number of nitrogens with one attached hydrogen (secondary N) is 2. The zero-order chi connectivity index (χ0) is 18.0. The fourth-order valence-corrected chi connectivity index (χ4v) is 2.13. The molecule has 0 aromatic heterocycles. The van der Waals surface area contributed by atoms with Crippen molar-refractivity contribution in [3.63, 3.8) is 0 Å². The van der Waals surface area contributed by atoms with E-state index in [4.69, 9.17) is 14.2 Å². The fraction of sp³-hybridized carbons (Fsp3) is 0.588. The minimum Gasteiger partial charge on any atom is -0.444 e. The first-order valence-electron chi connectivity index (χ1n) is 7.88. The van der Waals surface area contributed by atoms with E-state index in [9.17, 15) is 9.18 Å². The summed E-state index contributed by atoms with van der Waals surface area (Å²) in [6, 6.07) is 4.09. The third-order valence-corrected chi connectivity index (χ3v) is 3.24. The van der Waals surface area contributed by atoms with Gasteiger partial charge in [-0.15, -0.1) is 0 Å². The van der Waals surface area contributed by atoms with E-state index in [1.165, 1.54) is 18.2 Å². The first-order valence-corrected chi connectivity index (χ1v) is 7.88. The van der Waals surface area contributed by atoms with Crippen molar-refractivity contribution in [1.29, 1.82) is 0 Å². The molecule has 2 rings (SSSR count). The molecule has 134 valence electrons. The number of halogens is 1. The number of carbonyl (C=O) groups excluding carboxylic acids is 1. The number of benzene rings is 1.